The molecule has 1 aliphatic rings. The van der Waals surface area contributed by atoms with Crippen LogP contribution >= 0.6 is 0 Å². The Bertz CT molecular complexity index is 408. The predicted octanol–water partition coefficient (Wildman–Crippen LogP) is 2.20. The Kier molecular flexibility index (Phi) is 4.91. The molecule has 1 N–H and O–H groups in total. The minimum Gasteiger partial charge on any atom is -0.480 e. The first-order valence-corrected chi connectivity index (χ1v) is 7.06. The van der Waals surface area contributed by atoms with Gasteiger partial charge in [0.1, 0.15) is 6.04 Å². The molecule has 4 heteroatoms. The maximum absolute atomic E-state index is 11.4. The number of aliphatic carboxylic acids is 1. The summed E-state index contributed by atoms with van der Waals surface area (Å²) >= 11 is 0. The normalized spacial score (nSPS) is 24.3. The molecule has 1 aromatic heterocycles. The van der Waals surface area contributed by atoms with E-state index in [2.05, 4.69) is 16.8 Å². The van der Waals surface area contributed by atoms with Gasteiger partial charge >= 0.3 is 5.97 Å². The van der Waals surface area contributed by atoms with Crippen LogP contribution in [0.3, 0.4) is 0 Å². The number of carbonyl (C=O) groups is 1. The highest BCUT2D eigenvalue weighted by molar-refractivity contribution is 5.73. The van der Waals surface area contributed by atoms with Crippen LogP contribution in [0.4, 0.5) is 0 Å². The topological polar surface area (TPSA) is 53.4 Å². The van der Waals surface area contributed by atoms with Crippen LogP contribution in [0.25, 0.3) is 0 Å². The van der Waals surface area contributed by atoms with Gasteiger partial charge in [0.25, 0.3) is 0 Å². The van der Waals surface area contributed by atoms with Gasteiger partial charge in [0.05, 0.1) is 0 Å². The lowest BCUT2D eigenvalue weighted by Gasteiger charge is -2.36. The van der Waals surface area contributed by atoms with Crippen LogP contribution < -0.4 is 0 Å². The van der Waals surface area contributed by atoms with Crippen molar-refractivity contribution in [1.29, 1.82) is 0 Å². The first kappa shape index (κ1) is 14.0. The summed E-state index contributed by atoms with van der Waals surface area (Å²) in [5.74, 6) is -0.105. The fourth-order valence-electron chi connectivity index (χ4n) is 2.80. The highest BCUT2D eigenvalue weighted by atomic mass is 16.4. The Labute approximate surface area is 114 Å². The lowest BCUT2D eigenvalue weighted by molar-refractivity contribution is -0.145. The third kappa shape index (κ3) is 3.77. The lowest BCUT2D eigenvalue weighted by Crippen LogP contribution is -2.47. The largest absolute Gasteiger partial charge is 0.480 e. The van der Waals surface area contributed by atoms with E-state index in [1.165, 1.54) is 5.56 Å². The third-order valence-corrected chi connectivity index (χ3v) is 4.12. The van der Waals surface area contributed by atoms with Crippen LogP contribution in [0.2, 0.25) is 0 Å². The van der Waals surface area contributed by atoms with Crippen molar-refractivity contribution < 1.29 is 9.90 Å². The van der Waals surface area contributed by atoms with E-state index >= 15 is 0 Å². The minimum absolute atomic E-state index is 0.305. The van der Waals surface area contributed by atoms with Crippen molar-refractivity contribution in [2.24, 2.45) is 5.92 Å². The Balaban J connectivity index is 1.93. The number of rotatable bonds is 5. The molecule has 0 aliphatic carbocycles. The van der Waals surface area contributed by atoms with E-state index in [9.17, 15) is 9.90 Å². The summed E-state index contributed by atoms with van der Waals surface area (Å²) < 4.78 is 0. The molecule has 1 fully saturated rings. The summed E-state index contributed by atoms with van der Waals surface area (Å²) in [5.41, 5.74) is 1.22. The molecule has 1 aliphatic heterocycles. The van der Waals surface area contributed by atoms with Crippen molar-refractivity contribution in [2.75, 3.05) is 13.1 Å². The van der Waals surface area contributed by atoms with Gasteiger partial charge in [-0.2, -0.15) is 0 Å². The molecular weight excluding hydrogens is 240 g/mol. The summed E-state index contributed by atoms with van der Waals surface area (Å²) in [6, 6.07) is 3.68. The molecule has 0 amide bonds. The average molecular weight is 262 g/mol. The van der Waals surface area contributed by atoms with Gasteiger partial charge in [-0.15, -0.1) is 0 Å². The first-order valence-electron chi connectivity index (χ1n) is 7.06. The molecule has 1 aromatic rings. The van der Waals surface area contributed by atoms with Gasteiger partial charge in [0, 0.05) is 18.9 Å². The number of likely N-dealkylation sites (tertiary alicyclic amines) is 1. The monoisotopic (exact) mass is 262 g/mol. The Morgan fingerprint density at radius 1 is 1.47 bits per heavy atom. The molecule has 2 atom stereocenters. The van der Waals surface area contributed by atoms with E-state index < -0.39 is 5.97 Å². The number of piperidine rings is 1. The SMILES string of the molecule is CCC1CCN(CCc2ccncc2)C(C(=O)O)C1. The molecule has 104 valence electrons. The molecular formula is C15H22N2O2. The van der Waals surface area contributed by atoms with E-state index in [0.29, 0.717) is 5.92 Å². The Morgan fingerprint density at radius 2 is 2.21 bits per heavy atom. The molecule has 0 saturated carbocycles. The lowest BCUT2D eigenvalue weighted by atomic mass is 9.88. The van der Waals surface area contributed by atoms with Crippen LogP contribution in [0.1, 0.15) is 31.7 Å². The van der Waals surface area contributed by atoms with E-state index in [-0.39, 0.29) is 6.04 Å². The summed E-state index contributed by atoms with van der Waals surface area (Å²) in [6.45, 7) is 3.87. The van der Waals surface area contributed by atoms with Crippen molar-refractivity contribution in [3.8, 4) is 0 Å². The van der Waals surface area contributed by atoms with Gasteiger partial charge in [-0.1, -0.05) is 13.3 Å². The number of pyridine rings is 1. The fourth-order valence-corrected chi connectivity index (χ4v) is 2.80. The quantitative estimate of drug-likeness (QED) is 0.884. The van der Waals surface area contributed by atoms with Gasteiger partial charge in [-0.05, 0) is 49.4 Å². The second-order valence-electron chi connectivity index (χ2n) is 5.29. The first-order chi connectivity index (χ1) is 9.20. The van der Waals surface area contributed by atoms with Gasteiger partial charge in [-0.25, -0.2) is 0 Å². The molecule has 0 aromatic carbocycles. The predicted molar refractivity (Wildman–Crippen MR) is 74.0 cm³/mol. The number of carboxylic acids is 1. The van der Waals surface area contributed by atoms with Crippen molar-refractivity contribution in [3.63, 3.8) is 0 Å². The average Bonchev–Trinajstić information content (AvgIpc) is 2.46. The van der Waals surface area contributed by atoms with Crippen molar-refractivity contribution in [3.05, 3.63) is 30.1 Å². The maximum atomic E-state index is 11.4. The van der Waals surface area contributed by atoms with E-state index in [0.717, 1.165) is 38.8 Å². The van der Waals surface area contributed by atoms with E-state index in [1.54, 1.807) is 12.4 Å². The van der Waals surface area contributed by atoms with Crippen LogP contribution in [-0.4, -0.2) is 40.1 Å². The molecule has 19 heavy (non-hydrogen) atoms. The van der Waals surface area contributed by atoms with Crippen LogP contribution in [-0.2, 0) is 11.2 Å². The van der Waals surface area contributed by atoms with Crippen LogP contribution in [0, 0.1) is 5.92 Å². The van der Waals surface area contributed by atoms with E-state index in [1.807, 2.05) is 12.1 Å². The zero-order valence-electron chi connectivity index (χ0n) is 11.5. The number of aromatic nitrogens is 1. The zero-order chi connectivity index (χ0) is 13.7. The zero-order valence-corrected chi connectivity index (χ0v) is 11.5. The smallest absolute Gasteiger partial charge is 0.320 e. The number of hydrogen-bond acceptors (Lipinski definition) is 3. The molecule has 2 heterocycles. The third-order valence-electron chi connectivity index (χ3n) is 4.12. The summed E-state index contributed by atoms with van der Waals surface area (Å²) in [6.07, 6.45) is 7.46. The molecule has 2 rings (SSSR count). The Hall–Kier alpha value is -1.42. The highest BCUT2D eigenvalue weighted by Gasteiger charge is 2.32. The number of hydrogen-bond donors (Lipinski definition) is 1. The van der Waals surface area contributed by atoms with Crippen molar-refractivity contribution >= 4 is 5.97 Å². The molecule has 0 radical (unpaired) electrons. The second kappa shape index (κ2) is 6.66. The number of nitrogens with zero attached hydrogens (tertiary/aromatic N) is 2. The van der Waals surface area contributed by atoms with Crippen molar-refractivity contribution in [2.45, 2.75) is 38.6 Å². The second-order valence-corrected chi connectivity index (χ2v) is 5.29. The van der Waals surface area contributed by atoms with Gasteiger partial charge in [0.15, 0.2) is 0 Å². The van der Waals surface area contributed by atoms with Crippen LogP contribution in [0.5, 0.6) is 0 Å². The molecule has 4 nitrogen and oxygen atoms in total. The van der Waals surface area contributed by atoms with Crippen molar-refractivity contribution in [1.82, 2.24) is 9.88 Å². The van der Waals surface area contributed by atoms with Gasteiger partial charge < -0.3 is 5.11 Å². The summed E-state index contributed by atoms with van der Waals surface area (Å²) in [5, 5.41) is 9.37. The summed E-state index contributed by atoms with van der Waals surface area (Å²) in [7, 11) is 0. The van der Waals surface area contributed by atoms with Gasteiger partial charge in [0.2, 0.25) is 0 Å². The van der Waals surface area contributed by atoms with Crippen LogP contribution in [0.15, 0.2) is 24.5 Å². The molecule has 2 unspecified atom stereocenters. The van der Waals surface area contributed by atoms with E-state index in [4.69, 9.17) is 0 Å². The molecule has 0 bridgehead atoms. The minimum atomic E-state index is -0.673. The van der Waals surface area contributed by atoms with Gasteiger partial charge in [-0.3, -0.25) is 14.7 Å². The highest BCUT2D eigenvalue weighted by Crippen LogP contribution is 2.25. The maximum Gasteiger partial charge on any atom is 0.320 e. The molecule has 1 saturated heterocycles. The fraction of sp³-hybridized carbons (Fsp3) is 0.600. The Morgan fingerprint density at radius 3 is 2.84 bits per heavy atom. The molecule has 0 spiro atoms. The standard InChI is InChI=1S/C15H22N2O2/c1-2-12-5-9-17(14(11-12)15(18)19)10-6-13-3-7-16-8-4-13/h3-4,7-8,12,14H,2,5-6,9-11H2,1H3,(H,18,19). The summed E-state index contributed by atoms with van der Waals surface area (Å²) in [4.78, 5) is 17.5. The number of carboxylic acid groups (broad SMARTS) is 1.